The van der Waals surface area contributed by atoms with Crippen molar-refractivity contribution < 1.29 is 4.39 Å². The zero-order valence-electron chi connectivity index (χ0n) is 11.0. The lowest BCUT2D eigenvalue weighted by Crippen LogP contribution is -2.18. The molecule has 1 heterocycles. The van der Waals surface area contributed by atoms with E-state index in [2.05, 4.69) is 23.7 Å². The Hall–Kier alpha value is -1.19. The largest absolute Gasteiger partial charge is 0.309 e. The summed E-state index contributed by atoms with van der Waals surface area (Å²) in [4.78, 5) is 1.33. The van der Waals surface area contributed by atoms with Gasteiger partial charge in [0.1, 0.15) is 5.82 Å². The minimum Gasteiger partial charge on any atom is -0.309 e. The molecule has 0 bridgehead atoms. The van der Waals surface area contributed by atoms with Gasteiger partial charge in [0.05, 0.1) is 6.04 Å². The summed E-state index contributed by atoms with van der Waals surface area (Å²) in [6.45, 7) is 4.12. The molecule has 1 nitrogen and oxygen atoms in total. The molecule has 0 amide bonds. The van der Waals surface area contributed by atoms with E-state index in [4.69, 9.17) is 0 Å². The molecule has 2 rings (SSSR count). The summed E-state index contributed by atoms with van der Waals surface area (Å²) in [7, 11) is 1.95. The van der Waals surface area contributed by atoms with E-state index in [9.17, 15) is 4.39 Å². The molecule has 0 aliphatic rings. The van der Waals surface area contributed by atoms with E-state index >= 15 is 0 Å². The van der Waals surface area contributed by atoms with Gasteiger partial charge in [-0.15, -0.1) is 11.3 Å². The average molecular weight is 263 g/mol. The predicted molar refractivity (Wildman–Crippen MR) is 75.7 cm³/mol. The van der Waals surface area contributed by atoms with Gasteiger partial charge in [-0.05, 0) is 60.7 Å². The van der Waals surface area contributed by atoms with E-state index in [1.807, 2.05) is 20.0 Å². The number of benzene rings is 1. The third-order valence-corrected chi connectivity index (χ3v) is 4.28. The Morgan fingerprint density at radius 1 is 1.33 bits per heavy atom. The summed E-state index contributed by atoms with van der Waals surface area (Å²) < 4.78 is 13.2. The zero-order chi connectivity index (χ0) is 13.1. The minimum absolute atomic E-state index is 0.153. The first-order valence-corrected chi connectivity index (χ1v) is 7.05. The molecule has 0 spiro atoms. The topological polar surface area (TPSA) is 12.0 Å². The van der Waals surface area contributed by atoms with E-state index in [1.165, 1.54) is 16.5 Å². The first-order valence-electron chi connectivity index (χ1n) is 6.17. The fourth-order valence-electron chi connectivity index (χ4n) is 2.28. The number of aryl methyl sites for hydroxylation is 2. The van der Waals surface area contributed by atoms with Crippen molar-refractivity contribution in [3.05, 3.63) is 57.0 Å². The van der Waals surface area contributed by atoms with Gasteiger partial charge in [0, 0.05) is 4.88 Å². The number of thiophene rings is 1. The number of hydrogen-bond acceptors (Lipinski definition) is 2. The Morgan fingerprint density at radius 3 is 2.72 bits per heavy atom. The third kappa shape index (κ3) is 2.47. The normalized spacial score (nSPS) is 12.7. The molecule has 1 aromatic carbocycles. The highest BCUT2D eigenvalue weighted by molar-refractivity contribution is 7.10. The van der Waals surface area contributed by atoms with Crippen LogP contribution >= 0.6 is 11.3 Å². The average Bonchev–Trinajstić information content (AvgIpc) is 2.81. The summed E-state index contributed by atoms with van der Waals surface area (Å²) in [5.41, 5.74) is 3.50. The van der Waals surface area contributed by atoms with Crippen LogP contribution in [0.25, 0.3) is 0 Å². The van der Waals surface area contributed by atoms with Gasteiger partial charge in [-0.1, -0.05) is 13.0 Å². The number of hydrogen-bond donors (Lipinski definition) is 1. The minimum atomic E-state index is -0.173. The van der Waals surface area contributed by atoms with E-state index in [0.717, 1.165) is 17.5 Å². The molecule has 3 heteroatoms. The molecule has 0 saturated heterocycles. The molecule has 2 aromatic rings. The standard InChI is InChI=1S/C15H18FNS/c1-4-11-7-8-18-15(11)14(17-3)13-6-5-12(16)9-10(13)2/h5-9,14,17H,4H2,1-3H3. The van der Waals surface area contributed by atoms with Crippen LogP contribution < -0.4 is 5.32 Å². The Morgan fingerprint density at radius 2 is 2.11 bits per heavy atom. The highest BCUT2D eigenvalue weighted by atomic mass is 32.1. The highest BCUT2D eigenvalue weighted by Gasteiger charge is 2.18. The molecule has 0 aliphatic carbocycles. The second-order valence-electron chi connectivity index (χ2n) is 4.39. The van der Waals surface area contributed by atoms with E-state index in [0.29, 0.717) is 0 Å². The summed E-state index contributed by atoms with van der Waals surface area (Å²) in [6, 6.07) is 7.33. The first-order chi connectivity index (χ1) is 8.67. The van der Waals surface area contributed by atoms with Gasteiger partial charge in [-0.3, -0.25) is 0 Å². The van der Waals surface area contributed by atoms with Crippen LogP contribution in [-0.2, 0) is 6.42 Å². The molecule has 1 atom stereocenters. The van der Waals surface area contributed by atoms with E-state index in [-0.39, 0.29) is 11.9 Å². The summed E-state index contributed by atoms with van der Waals surface area (Å²) in [5, 5.41) is 5.47. The van der Waals surface area contributed by atoms with Gasteiger partial charge in [-0.25, -0.2) is 4.39 Å². The maximum absolute atomic E-state index is 13.2. The Balaban J connectivity index is 2.45. The molecule has 0 fully saturated rings. The maximum atomic E-state index is 13.2. The van der Waals surface area contributed by atoms with Gasteiger partial charge >= 0.3 is 0 Å². The van der Waals surface area contributed by atoms with E-state index in [1.54, 1.807) is 17.4 Å². The molecule has 1 N–H and O–H groups in total. The molecule has 1 unspecified atom stereocenters. The zero-order valence-corrected chi connectivity index (χ0v) is 11.8. The van der Waals surface area contributed by atoms with Crippen LogP contribution in [0.5, 0.6) is 0 Å². The monoisotopic (exact) mass is 263 g/mol. The van der Waals surface area contributed by atoms with Gasteiger partial charge in [-0.2, -0.15) is 0 Å². The fourth-order valence-corrected chi connectivity index (χ4v) is 3.41. The van der Waals surface area contributed by atoms with Crippen LogP contribution in [0.1, 0.15) is 34.5 Å². The van der Waals surface area contributed by atoms with Crippen molar-refractivity contribution in [1.82, 2.24) is 5.32 Å². The van der Waals surface area contributed by atoms with Crippen LogP contribution in [-0.4, -0.2) is 7.05 Å². The Bertz CT molecular complexity index is 533. The van der Waals surface area contributed by atoms with Crippen molar-refractivity contribution in [2.45, 2.75) is 26.3 Å². The lowest BCUT2D eigenvalue weighted by Gasteiger charge is -2.19. The van der Waals surface area contributed by atoms with E-state index < -0.39 is 0 Å². The number of rotatable bonds is 4. The molecular weight excluding hydrogens is 245 g/mol. The summed E-state index contributed by atoms with van der Waals surface area (Å²) >= 11 is 1.76. The molecule has 18 heavy (non-hydrogen) atoms. The molecule has 0 radical (unpaired) electrons. The molecule has 96 valence electrons. The van der Waals surface area contributed by atoms with Crippen LogP contribution in [0.2, 0.25) is 0 Å². The van der Waals surface area contributed by atoms with Crippen LogP contribution in [0, 0.1) is 12.7 Å². The van der Waals surface area contributed by atoms with Gasteiger partial charge in [0.2, 0.25) is 0 Å². The smallest absolute Gasteiger partial charge is 0.123 e. The highest BCUT2D eigenvalue weighted by Crippen LogP contribution is 2.31. The van der Waals surface area contributed by atoms with Crippen molar-refractivity contribution in [3.8, 4) is 0 Å². The Labute approximate surface area is 112 Å². The number of halogens is 1. The third-order valence-electron chi connectivity index (χ3n) is 3.26. The summed E-state index contributed by atoms with van der Waals surface area (Å²) in [5.74, 6) is -0.173. The van der Waals surface area contributed by atoms with Crippen molar-refractivity contribution in [1.29, 1.82) is 0 Å². The van der Waals surface area contributed by atoms with Gasteiger partial charge in [0.15, 0.2) is 0 Å². The van der Waals surface area contributed by atoms with Crippen molar-refractivity contribution in [2.24, 2.45) is 0 Å². The van der Waals surface area contributed by atoms with Crippen molar-refractivity contribution in [3.63, 3.8) is 0 Å². The molecule has 0 aliphatic heterocycles. The Kier molecular flexibility index (Phi) is 4.15. The second-order valence-corrected chi connectivity index (χ2v) is 5.33. The number of nitrogens with one attached hydrogen (secondary N) is 1. The first kappa shape index (κ1) is 13.2. The molecule has 1 aromatic heterocycles. The molecule has 0 saturated carbocycles. The molecular formula is C15H18FNS. The van der Waals surface area contributed by atoms with Crippen molar-refractivity contribution in [2.75, 3.05) is 7.05 Å². The van der Waals surface area contributed by atoms with Crippen LogP contribution in [0.3, 0.4) is 0 Å². The van der Waals surface area contributed by atoms with Crippen LogP contribution in [0.15, 0.2) is 29.6 Å². The maximum Gasteiger partial charge on any atom is 0.123 e. The second kappa shape index (κ2) is 5.63. The lowest BCUT2D eigenvalue weighted by molar-refractivity contribution is 0.621. The predicted octanol–water partition coefficient (Wildman–Crippen LogP) is 4.07. The summed E-state index contributed by atoms with van der Waals surface area (Å²) in [6.07, 6.45) is 1.03. The quantitative estimate of drug-likeness (QED) is 0.877. The van der Waals surface area contributed by atoms with Crippen LogP contribution in [0.4, 0.5) is 4.39 Å². The fraction of sp³-hybridized carbons (Fsp3) is 0.333. The SMILES string of the molecule is CCc1ccsc1C(NC)c1ccc(F)cc1C. The lowest BCUT2D eigenvalue weighted by atomic mass is 9.97. The van der Waals surface area contributed by atoms with Crippen molar-refractivity contribution >= 4 is 11.3 Å². The van der Waals surface area contributed by atoms with Gasteiger partial charge in [0.25, 0.3) is 0 Å². The van der Waals surface area contributed by atoms with Gasteiger partial charge < -0.3 is 5.32 Å².